The second-order valence-corrected chi connectivity index (χ2v) is 7.54. The van der Waals surface area contributed by atoms with Crippen LogP contribution in [0.25, 0.3) is 0 Å². The molecule has 0 heterocycles. The van der Waals surface area contributed by atoms with E-state index < -0.39 is 0 Å². The number of rotatable bonds is 8. The number of hydrogen-bond donors (Lipinski definition) is 1. The number of amides is 2. The molecule has 2 amide bonds. The molecule has 2 aromatic carbocycles. The summed E-state index contributed by atoms with van der Waals surface area (Å²) in [6, 6.07) is 10.7. The molecule has 0 aliphatic carbocycles. The summed E-state index contributed by atoms with van der Waals surface area (Å²) in [7, 11) is 3.05. The number of carbonyl (C=O) groups excluding carboxylic acids is 2. The van der Waals surface area contributed by atoms with Gasteiger partial charge in [0.2, 0.25) is 5.91 Å². The highest BCUT2D eigenvalue weighted by molar-refractivity contribution is 6.31. The third-order valence-electron chi connectivity index (χ3n) is 4.47. The Labute approximate surface area is 176 Å². The minimum atomic E-state index is -0.362. The van der Waals surface area contributed by atoms with Gasteiger partial charge in [0, 0.05) is 12.1 Å². The number of halogens is 1. The summed E-state index contributed by atoms with van der Waals surface area (Å²) in [6.45, 7) is 6.01. The molecule has 0 aliphatic heterocycles. The molecule has 2 aromatic rings. The first kappa shape index (κ1) is 22.6. The van der Waals surface area contributed by atoms with Crippen molar-refractivity contribution in [3.63, 3.8) is 0 Å². The highest BCUT2D eigenvalue weighted by atomic mass is 35.5. The summed E-state index contributed by atoms with van der Waals surface area (Å²) in [5, 5.41) is 3.17. The second-order valence-electron chi connectivity index (χ2n) is 7.10. The highest BCUT2D eigenvalue weighted by Crippen LogP contribution is 2.27. The number of aryl methyl sites for hydroxylation is 1. The molecule has 0 fully saturated rings. The van der Waals surface area contributed by atoms with Crippen molar-refractivity contribution in [3.05, 3.63) is 52.5 Å². The number of carbonyl (C=O) groups is 2. The molecule has 0 spiro atoms. The van der Waals surface area contributed by atoms with E-state index in [0.29, 0.717) is 28.1 Å². The molecule has 0 saturated carbocycles. The van der Waals surface area contributed by atoms with Crippen LogP contribution >= 0.6 is 11.6 Å². The average Bonchev–Trinajstić information content (AvgIpc) is 2.65. The molecule has 0 aliphatic rings. The quantitative estimate of drug-likeness (QED) is 0.695. The van der Waals surface area contributed by atoms with Crippen LogP contribution in [0.1, 0.15) is 30.9 Å². The monoisotopic (exact) mass is 418 g/mol. The summed E-state index contributed by atoms with van der Waals surface area (Å²) in [5.74, 6) is 0.873. The van der Waals surface area contributed by atoms with Crippen LogP contribution in [0.5, 0.6) is 11.5 Å². The highest BCUT2D eigenvalue weighted by Gasteiger charge is 2.16. The second kappa shape index (κ2) is 10.2. The SMILES string of the molecule is COc1ccc(Cl)cc1NC(=O)CN(C)C(=O)COc1ccc(C(C)C)c(C)c1. The largest absolute Gasteiger partial charge is 0.495 e. The number of likely N-dealkylation sites (N-methyl/N-ethyl adjacent to an activating group) is 1. The standard InChI is InChI=1S/C22H27ClN2O4/c1-14(2)18-8-7-17(10-15(18)3)29-13-22(27)25(4)12-21(26)24-19-11-16(23)6-9-20(19)28-5/h6-11,14H,12-13H2,1-5H3,(H,24,26). The van der Waals surface area contributed by atoms with Crippen molar-refractivity contribution in [1.82, 2.24) is 4.90 Å². The van der Waals surface area contributed by atoms with Crippen LogP contribution in [-0.2, 0) is 9.59 Å². The zero-order chi connectivity index (χ0) is 21.6. The van der Waals surface area contributed by atoms with Crippen molar-refractivity contribution in [2.45, 2.75) is 26.7 Å². The molecule has 2 rings (SSSR count). The smallest absolute Gasteiger partial charge is 0.260 e. The van der Waals surface area contributed by atoms with E-state index in [1.165, 1.54) is 17.6 Å². The summed E-state index contributed by atoms with van der Waals surface area (Å²) in [6.07, 6.45) is 0. The molecule has 29 heavy (non-hydrogen) atoms. The van der Waals surface area contributed by atoms with Crippen LogP contribution in [0.2, 0.25) is 5.02 Å². The Bertz CT molecular complexity index is 883. The molecule has 156 valence electrons. The summed E-state index contributed by atoms with van der Waals surface area (Å²) < 4.78 is 10.8. The van der Waals surface area contributed by atoms with Gasteiger partial charge < -0.3 is 19.7 Å². The van der Waals surface area contributed by atoms with Gasteiger partial charge in [0.05, 0.1) is 19.3 Å². The van der Waals surface area contributed by atoms with Gasteiger partial charge in [-0.05, 0) is 54.3 Å². The van der Waals surface area contributed by atoms with Crippen molar-refractivity contribution >= 4 is 29.1 Å². The van der Waals surface area contributed by atoms with E-state index in [2.05, 4.69) is 19.2 Å². The molecule has 0 aromatic heterocycles. The maximum atomic E-state index is 12.3. The predicted molar refractivity (Wildman–Crippen MR) is 115 cm³/mol. The van der Waals surface area contributed by atoms with Gasteiger partial charge in [-0.3, -0.25) is 9.59 Å². The Hall–Kier alpha value is -2.73. The van der Waals surface area contributed by atoms with Gasteiger partial charge in [0.25, 0.3) is 5.91 Å². The summed E-state index contributed by atoms with van der Waals surface area (Å²) >= 11 is 5.96. The minimum absolute atomic E-state index is 0.122. The predicted octanol–water partition coefficient (Wildman–Crippen LogP) is 4.26. The van der Waals surface area contributed by atoms with E-state index in [4.69, 9.17) is 21.1 Å². The van der Waals surface area contributed by atoms with Gasteiger partial charge >= 0.3 is 0 Å². The Morgan fingerprint density at radius 3 is 2.52 bits per heavy atom. The van der Waals surface area contributed by atoms with Gasteiger partial charge in [0.1, 0.15) is 11.5 Å². The van der Waals surface area contributed by atoms with Crippen LogP contribution < -0.4 is 14.8 Å². The maximum absolute atomic E-state index is 12.3. The van der Waals surface area contributed by atoms with Crippen molar-refractivity contribution in [2.75, 3.05) is 32.6 Å². The Morgan fingerprint density at radius 1 is 1.17 bits per heavy atom. The van der Waals surface area contributed by atoms with E-state index in [1.54, 1.807) is 25.2 Å². The lowest BCUT2D eigenvalue weighted by Crippen LogP contribution is -2.37. The number of anilines is 1. The first-order valence-corrected chi connectivity index (χ1v) is 9.69. The topological polar surface area (TPSA) is 67.9 Å². The first-order valence-electron chi connectivity index (χ1n) is 9.32. The van der Waals surface area contributed by atoms with E-state index in [1.807, 2.05) is 25.1 Å². The fraction of sp³-hybridized carbons (Fsp3) is 0.364. The third kappa shape index (κ3) is 6.39. The van der Waals surface area contributed by atoms with Crippen molar-refractivity contribution in [1.29, 1.82) is 0 Å². The van der Waals surface area contributed by atoms with Crippen LogP contribution in [0.4, 0.5) is 5.69 Å². The Kier molecular flexibility index (Phi) is 7.91. The van der Waals surface area contributed by atoms with Crippen LogP contribution in [0.3, 0.4) is 0 Å². The number of nitrogens with one attached hydrogen (secondary N) is 1. The van der Waals surface area contributed by atoms with E-state index >= 15 is 0 Å². The first-order chi connectivity index (χ1) is 13.7. The van der Waals surface area contributed by atoms with E-state index in [9.17, 15) is 9.59 Å². The van der Waals surface area contributed by atoms with E-state index in [0.717, 1.165) is 5.56 Å². The van der Waals surface area contributed by atoms with Crippen molar-refractivity contribution in [2.24, 2.45) is 0 Å². The number of benzene rings is 2. The zero-order valence-electron chi connectivity index (χ0n) is 17.4. The molecule has 0 bridgehead atoms. The average molecular weight is 419 g/mol. The lowest BCUT2D eigenvalue weighted by molar-refractivity contribution is -0.135. The Balaban J connectivity index is 1.89. The zero-order valence-corrected chi connectivity index (χ0v) is 18.2. The number of ether oxygens (including phenoxy) is 2. The molecule has 0 atom stereocenters. The van der Waals surface area contributed by atoms with Crippen LogP contribution in [0.15, 0.2) is 36.4 Å². The molecular weight excluding hydrogens is 392 g/mol. The number of methoxy groups -OCH3 is 1. The third-order valence-corrected chi connectivity index (χ3v) is 4.70. The molecule has 0 radical (unpaired) electrons. The number of nitrogens with zero attached hydrogens (tertiary/aromatic N) is 1. The molecule has 1 N–H and O–H groups in total. The van der Waals surface area contributed by atoms with Crippen molar-refractivity contribution < 1.29 is 19.1 Å². The van der Waals surface area contributed by atoms with Gasteiger partial charge in [-0.2, -0.15) is 0 Å². The van der Waals surface area contributed by atoms with Gasteiger partial charge in [-0.25, -0.2) is 0 Å². The fourth-order valence-corrected chi connectivity index (χ4v) is 3.08. The summed E-state index contributed by atoms with van der Waals surface area (Å²) in [4.78, 5) is 25.9. The fourth-order valence-electron chi connectivity index (χ4n) is 2.91. The van der Waals surface area contributed by atoms with Crippen LogP contribution in [0, 0.1) is 6.92 Å². The maximum Gasteiger partial charge on any atom is 0.260 e. The van der Waals surface area contributed by atoms with Gasteiger partial charge in [-0.15, -0.1) is 0 Å². The lowest BCUT2D eigenvalue weighted by atomic mass is 9.98. The molecule has 6 nitrogen and oxygen atoms in total. The van der Waals surface area contributed by atoms with E-state index in [-0.39, 0.29) is 25.0 Å². The molecule has 0 unspecified atom stereocenters. The normalized spacial score (nSPS) is 10.6. The molecule has 7 heteroatoms. The Morgan fingerprint density at radius 2 is 1.90 bits per heavy atom. The summed E-state index contributed by atoms with van der Waals surface area (Å²) in [5.41, 5.74) is 2.81. The lowest BCUT2D eigenvalue weighted by Gasteiger charge is -2.18. The van der Waals surface area contributed by atoms with Gasteiger partial charge in [0.15, 0.2) is 6.61 Å². The molecule has 0 saturated heterocycles. The number of hydrogen-bond acceptors (Lipinski definition) is 4. The molecular formula is C22H27ClN2O4. The minimum Gasteiger partial charge on any atom is -0.495 e. The van der Waals surface area contributed by atoms with Crippen molar-refractivity contribution in [3.8, 4) is 11.5 Å². The van der Waals surface area contributed by atoms with Crippen LogP contribution in [-0.4, -0.2) is 44.0 Å². The van der Waals surface area contributed by atoms with Gasteiger partial charge in [-0.1, -0.05) is 31.5 Å².